The van der Waals surface area contributed by atoms with Crippen molar-refractivity contribution in [2.45, 2.75) is 20.8 Å². The third-order valence-electron chi connectivity index (χ3n) is 3.20. The summed E-state index contributed by atoms with van der Waals surface area (Å²) in [6.07, 6.45) is 1.55. The van der Waals surface area contributed by atoms with Gasteiger partial charge < -0.3 is 10.1 Å². The normalized spacial score (nSPS) is 10.6. The Morgan fingerprint density at radius 2 is 2.14 bits per heavy atom. The lowest BCUT2D eigenvalue weighted by Gasteiger charge is -2.07. The van der Waals surface area contributed by atoms with E-state index in [4.69, 9.17) is 4.74 Å². The highest BCUT2D eigenvalue weighted by atomic mass is 79.9. The second-order valence-corrected chi connectivity index (χ2v) is 6.71. The monoisotopic (exact) mass is 385 g/mol. The first-order chi connectivity index (χ1) is 10.4. The van der Waals surface area contributed by atoms with Crippen LogP contribution in [0.5, 0.6) is 0 Å². The van der Waals surface area contributed by atoms with E-state index in [-0.39, 0.29) is 12.5 Å². The Labute approximate surface area is 140 Å². The summed E-state index contributed by atoms with van der Waals surface area (Å²) in [5.74, 6) is -0.762. The van der Waals surface area contributed by atoms with E-state index in [9.17, 15) is 9.59 Å². The average Bonchev–Trinajstić information content (AvgIpc) is 2.91. The zero-order valence-electron chi connectivity index (χ0n) is 12.7. The predicted octanol–water partition coefficient (Wildman–Crippen LogP) is 3.29. The Morgan fingerprint density at radius 3 is 2.68 bits per heavy atom. The summed E-state index contributed by atoms with van der Waals surface area (Å²) in [6, 6.07) is 0. The number of aryl methyl sites for hydroxylation is 2. The molecule has 2 heterocycles. The lowest BCUT2D eigenvalue weighted by molar-refractivity contribution is 0.0527. The van der Waals surface area contributed by atoms with Crippen LogP contribution in [0, 0.1) is 13.8 Å². The molecule has 0 saturated carbocycles. The van der Waals surface area contributed by atoms with Crippen LogP contribution in [0.4, 0.5) is 5.00 Å². The van der Waals surface area contributed by atoms with Crippen LogP contribution in [-0.4, -0.2) is 28.3 Å². The Morgan fingerprint density at radius 1 is 1.45 bits per heavy atom. The molecule has 0 aromatic carbocycles. The van der Waals surface area contributed by atoms with Crippen LogP contribution in [0.3, 0.4) is 0 Å². The van der Waals surface area contributed by atoms with E-state index < -0.39 is 5.97 Å². The standard InChI is InChI=1S/C14H16BrN3O3S/c1-5-21-14(20)10-7(2)8(3)22-13(10)17-12(19)11-9(15)6-16-18(11)4/h6H,5H2,1-4H3,(H,17,19). The number of hydrogen-bond donors (Lipinski definition) is 1. The molecule has 1 N–H and O–H groups in total. The number of carbonyl (C=O) groups excluding carboxylic acids is 2. The van der Waals surface area contributed by atoms with Crippen molar-refractivity contribution in [2.24, 2.45) is 7.05 Å². The van der Waals surface area contributed by atoms with Crippen molar-refractivity contribution >= 4 is 44.1 Å². The summed E-state index contributed by atoms with van der Waals surface area (Å²) < 4.78 is 7.13. The molecular formula is C14H16BrN3O3S. The number of rotatable bonds is 4. The van der Waals surface area contributed by atoms with Gasteiger partial charge in [-0.1, -0.05) is 0 Å². The molecular weight excluding hydrogens is 370 g/mol. The fourth-order valence-electron chi connectivity index (χ4n) is 1.99. The van der Waals surface area contributed by atoms with Gasteiger partial charge in [-0.2, -0.15) is 5.10 Å². The minimum Gasteiger partial charge on any atom is -0.462 e. The van der Waals surface area contributed by atoms with Gasteiger partial charge >= 0.3 is 5.97 Å². The SMILES string of the molecule is CCOC(=O)c1c(NC(=O)c2c(Br)cnn2C)sc(C)c1C. The summed E-state index contributed by atoms with van der Waals surface area (Å²) in [6.45, 7) is 5.78. The Hall–Kier alpha value is -1.67. The number of amides is 1. The van der Waals surface area contributed by atoms with Gasteiger partial charge in [0.25, 0.3) is 5.91 Å². The number of hydrogen-bond acceptors (Lipinski definition) is 5. The number of ether oxygens (including phenoxy) is 1. The highest BCUT2D eigenvalue weighted by Gasteiger charge is 2.24. The second kappa shape index (κ2) is 6.62. The first-order valence-electron chi connectivity index (χ1n) is 6.62. The molecule has 8 heteroatoms. The van der Waals surface area contributed by atoms with Crippen molar-refractivity contribution in [3.05, 3.63) is 32.4 Å². The molecule has 0 fully saturated rings. The topological polar surface area (TPSA) is 73.2 Å². The second-order valence-electron chi connectivity index (χ2n) is 4.63. The van der Waals surface area contributed by atoms with Crippen LogP contribution in [-0.2, 0) is 11.8 Å². The van der Waals surface area contributed by atoms with E-state index in [1.807, 2.05) is 13.8 Å². The van der Waals surface area contributed by atoms with Gasteiger partial charge in [0.05, 0.1) is 22.8 Å². The highest BCUT2D eigenvalue weighted by Crippen LogP contribution is 2.33. The van der Waals surface area contributed by atoms with Crippen LogP contribution in [0.2, 0.25) is 0 Å². The van der Waals surface area contributed by atoms with E-state index in [0.717, 1.165) is 10.4 Å². The lowest BCUT2D eigenvalue weighted by atomic mass is 10.1. The number of carbonyl (C=O) groups is 2. The van der Waals surface area contributed by atoms with Crippen LogP contribution in [0.25, 0.3) is 0 Å². The molecule has 118 valence electrons. The van der Waals surface area contributed by atoms with Crippen LogP contribution < -0.4 is 5.32 Å². The van der Waals surface area contributed by atoms with Crippen molar-refractivity contribution < 1.29 is 14.3 Å². The third-order valence-corrected chi connectivity index (χ3v) is 4.90. The average molecular weight is 386 g/mol. The van der Waals surface area contributed by atoms with Crippen LogP contribution in [0.15, 0.2) is 10.7 Å². The van der Waals surface area contributed by atoms with E-state index in [2.05, 4.69) is 26.3 Å². The predicted molar refractivity (Wildman–Crippen MR) is 88.6 cm³/mol. The minimum absolute atomic E-state index is 0.286. The van der Waals surface area contributed by atoms with Crippen molar-refractivity contribution in [3.63, 3.8) is 0 Å². The van der Waals surface area contributed by atoms with Gasteiger partial charge in [-0.05, 0) is 42.3 Å². The summed E-state index contributed by atoms with van der Waals surface area (Å²) in [5, 5.41) is 7.28. The number of nitrogens with zero attached hydrogens (tertiary/aromatic N) is 2. The van der Waals surface area contributed by atoms with Gasteiger partial charge in [-0.3, -0.25) is 9.48 Å². The maximum absolute atomic E-state index is 12.4. The number of thiophene rings is 1. The molecule has 0 bridgehead atoms. The smallest absolute Gasteiger partial charge is 0.341 e. The number of aromatic nitrogens is 2. The Bertz CT molecular complexity index is 717. The molecule has 2 aromatic rings. The van der Waals surface area contributed by atoms with Crippen molar-refractivity contribution in [2.75, 3.05) is 11.9 Å². The first kappa shape index (κ1) is 16.7. The molecule has 2 rings (SSSR count). The fraction of sp³-hybridized carbons (Fsp3) is 0.357. The van der Waals surface area contributed by atoms with Gasteiger partial charge in [-0.15, -0.1) is 11.3 Å². The largest absolute Gasteiger partial charge is 0.462 e. The summed E-state index contributed by atoms with van der Waals surface area (Å²) in [4.78, 5) is 25.5. The molecule has 0 spiro atoms. The lowest BCUT2D eigenvalue weighted by Crippen LogP contribution is -2.18. The van der Waals surface area contributed by atoms with Crippen molar-refractivity contribution in [1.82, 2.24) is 9.78 Å². The quantitative estimate of drug-likeness (QED) is 0.819. The highest BCUT2D eigenvalue weighted by molar-refractivity contribution is 9.10. The molecule has 0 unspecified atom stereocenters. The fourth-order valence-corrected chi connectivity index (χ4v) is 3.56. The summed E-state index contributed by atoms with van der Waals surface area (Å²) >= 11 is 4.65. The Kier molecular flexibility index (Phi) is 5.02. The zero-order chi connectivity index (χ0) is 16.4. The van der Waals surface area contributed by atoms with E-state index >= 15 is 0 Å². The molecule has 1 amide bonds. The molecule has 0 radical (unpaired) electrons. The van der Waals surface area contributed by atoms with E-state index in [1.54, 1.807) is 20.2 Å². The maximum Gasteiger partial charge on any atom is 0.341 e. The van der Waals surface area contributed by atoms with Gasteiger partial charge in [-0.25, -0.2) is 4.79 Å². The summed E-state index contributed by atoms with van der Waals surface area (Å²) in [5.41, 5.74) is 1.62. The van der Waals surface area contributed by atoms with Gasteiger partial charge in [0, 0.05) is 11.9 Å². The molecule has 0 aliphatic heterocycles. The number of anilines is 1. The zero-order valence-corrected chi connectivity index (χ0v) is 15.1. The molecule has 2 aromatic heterocycles. The summed E-state index contributed by atoms with van der Waals surface area (Å²) in [7, 11) is 1.68. The number of halogens is 1. The number of esters is 1. The van der Waals surface area contributed by atoms with Gasteiger partial charge in [0.15, 0.2) is 0 Å². The number of nitrogens with one attached hydrogen (secondary N) is 1. The molecule has 0 atom stereocenters. The molecule has 0 saturated heterocycles. The van der Waals surface area contributed by atoms with Crippen LogP contribution in [0.1, 0.15) is 38.2 Å². The molecule has 0 aliphatic carbocycles. The Balaban J connectivity index is 2.36. The van der Waals surface area contributed by atoms with E-state index in [0.29, 0.717) is 20.7 Å². The molecule has 6 nitrogen and oxygen atoms in total. The molecule has 0 aliphatic rings. The third kappa shape index (κ3) is 3.07. The van der Waals surface area contributed by atoms with Gasteiger partial charge in [0.1, 0.15) is 10.7 Å². The van der Waals surface area contributed by atoms with Gasteiger partial charge in [0.2, 0.25) is 0 Å². The van der Waals surface area contributed by atoms with E-state index in [1.165, 1.54) is 16.0 Å². The minimum atomic E-state index is -0.427. The maximum atomic E-state index is 12.4. The molecule has 22 heavy (non-hydrogen) atoms. The first-order valence-corrected chi connectivity index (χ1v) is 8.23. The van der Waals surface area contributed by atoms with Crippen molar-refractivity contribution in [1.29, 1.82) is 0 Å². The van der Waals surface area contributed by atoms with Crippen molar-refractivity contribution in [3.8, 4) is 0 Å². The van der Waals surface area contributed by atoms with Crippen LogP contribution >= 0.6 is 27.3 Å².